The van der Waals surface area contributed by atoms with Crippen molar-refractivity contribution in [1.29, 1.82) is 0 Å². The van der Waals surface area contributed by atoms with Crippen LogP contribution in [0.25, 0.3) is 5.69 Å². The molecule has 96 valence electrons. The number of nitrogens with one attached hydrogen (secondary N) is 2. The second-order valence-electron chi connectivity index (χ2n) is 3.99. The maximum Gasteiger partial charge on any atom is 0.143 e. The Morgan fingerprint density at radius 2 is 2.26 bits per heavy atom. The lowest BCUT2D eigenvalue weighted by atomic mass is 10.2. The molecule has 3 rings (SSSR count). The van der Waals surface area contributed by atoms with Gasteiger partial charge in [-0.25, -0.2) is 4.68 Å². The molecule has 2 N–H and O–H groups in total. The number of halogens is 1. The number of nitrogens with zero attached hydrogens (tertiary/aromatic N) is 4. The number of tetrazole rings is 1. The fraction of sp³-hybridized carbons (Fsp3) is 0.0833. The van der Waals surface area contributed by atoms with Gasteiger partial charge in [-0.2, -0.15) is 0 Å². The molecular weight excluding hydrogens is 264 g/mol. The van der Waals surface area contributed by atoms with Crippen LogP contribution in [0.3, 0.4) is 0 Å². The molecule has 2 aromatic heterocycles. The lowest BCUT2D eigenvalue weighted by Crippen LogP contribution is -2.01. The SMILES string of the molecule is Clc1ccc(-n2cnnn2)cc1NCc1cc[nH]c1. The average molecular weight is 275 g/mol. The van der Waals surface area contributed by atoms with Crippen LogP contribution in [0.4, 0.5) is 5.69 Å². The summed E-state index contributed by atoms with van der Waals surface area (Å²) in [4.78, 5) is 3.01. The zero-order valence-electron chi connectivity index (χ0n) is 9.92. The van der Waals surface area contributed by atoms with Gasteiger partial charge in [-0.05, 0) is 40.3 Å². The molecule has 0 amide bonds. The van der Waals surface area contributed by atoms with Crippen molar-refractivity contribution >= 4 is 17.3 Å². The maximum absolute atomic E-state index is 6.17. The molecule has 0 bridgehead atoms. The molecule has 0 radical (unpaired) electrons. The van der Waals surface area contributed by atoms with Crippen LogP contribution in [0, 0.1) is 0 Å². The second-order valence-corrected chi connectivity index (χ2v) is 4.40. The molecule has 0 spiro atoms. The standard InChI is InChI=1S/C12H11ClN6/c13-11-2-1-10(19-8-16-17-18-19)5-12(11)15-7-9-3-4-14-6-9/h1-6,8,14-15H,7H2. The first-order chi connectivity index (χ1) is 9.33. The summed E-state index contributed by atoms with van der Waals surface area (Å²) in [5.41, 5.74) is 2.85. The first kappa shape index (κ1) is 11.7. The number of H-pyrrole nitrogens is 1. The van der Waals surface area contributed by atoms with E-state index in [0.717, 1.165) is 16.9 Å². The molecule has 0 fully saturated rings. The van der Waals surface area contributed by atoms with Crippen molar-refractivity contribution in [2.75, 3.05) is 5.32 Å². The van der Waals surface area contributed by atoms with E-state index in [-0.39, 0.29) is 0 Å². The molecule has 19 heavy (non-hydrogen) atoms. The number of hydrogen-bond acceptors (Lipinski definition) is 4. The van der Waals surface area contributed by atoms with Crippen molar-refractivity contribution < 1.29 is 0 Å². The third-order valence-electron chi connectivity index (χ3n) is 2.71. The molecule has 1 aromatic carbocycles. The van der Waals surface area contributed by atoms with E-state index >= 15 is 0 Å². The van der Waals surface area contributed by atoms with Crippen LogP contribution in [0.1, 0.15) is 5.56 Å². The van der Waals surface area contributed by atoms with Crippen molar-refractivity contribution in [3.8, 4) is 5.69 Å². The number of rotatable bonds is 4. The summed E-state index contributed by atoms with van der Waals surface area (Å²) in [5, 5.41) is 15.0. The van der Waals surface area contributed by atoms with Gasteiger partial charge < -0.3 is 10.3 Å². The van der Waals surface area contributed by atoms with Crippen LogP contribution in [-0.4, -0.2) is 25.2 Å². The molecule has 0 aliphatic rings. The largest absolute Gasteiger partial charge is 0.380 e. The van der Waals surface area contributed by atoms with Crippen LogP contribution >= 0.6 is 11.6 Å². The highest BCUT2D eigenvalue weighted by Gasteiger charge is 2.04. The lowest BCUT2D eigenvalue weighted by molar-refractivity contribution is 0.789. The molecule has 2 heterocycles. The van der Waals surface area contributed by atoms with Gasteiger partial charge in [-0.3, -0.25) is 0 Å². The topological polar surface area (TPSA) is 71.4 Å². The van der Waals surface area contributed by atoms with Gasteiger partial charge in [0, 0.05) is 18.9 Å². The number of hydrogen-bond donors (Lipinski definition) is 2. The van der Waals surface area contributed by atoms with Crippen LogP contribution in [0.15, 0.2) is 43.0 Å². The quantitative estimate of drug-likeness (QED) is 0.765. The van der Waals surface area contributed by atoms with Crippen molar-refractivity contribution in [3.05, 3.63) is 53.6 Å². The predicted molar refractivity (Wildman–Crippen MR) is 72.3 cm³/mol. The summed E-state index contributed by atoms with van der Waals surface area (Å²) in [7, 11) is 0. The van der Waals surface area contributed by atoms with E-state index in [1.54, 1.807) is 11.0 Å². The van der Waals surface area contributed by atoms with E-state index in [0.29, 0.717) is 11.6 Å². The Labute approximate surface area is 114 Å². The van der Waals surface area contributed by atoms with E-state index in [2.05, 4.69) is 25.8 Å². The third kappa shape index (κ3) is 2.58. The summed E-state index contributed by atoms with van der Waals surface area (Å²) in [6.07, 6.45) is 5.36. The van der Waals surface area contributed by atoms with Crippen LogP contribution < -0.4 is 5.32 Å². The first-order valence-electron chi connectivity index (χ1n) is 5.71. The molecule has 0 unspecified atom stereocenters. The Morgan fingerprint density at radius 1 is 1.32 bits per heavy atom. The predicted octanol–water partition coefficient (Wildman–Crippen LogP) is 2.26. The van der Waals surface area contributed by atoms with E-state index in [9.17, 15) is 0 Å². The molecule has 3 aromatic rings. The monoisotopic (exact) mass is 274 g/mol. The van der Waals surface area contributed by atoms with E-state index in [4.69, 9.17) is 11.6 Å². The minimum absolute atomic E-state index is 0.660. The Kier molecular flexibility index (Phi) is 3.16. The Hall–Kier alpha value is -2.34. The van der Waals surface area contributed by atoms with Crippen molar-refractivity contribution in [1.82, 2.24) is 25.2 Å². The molecular formula is C12H11ClN6. The molecule has 0 aliphatic carbocycles. The summed E-state index contributed by atoms with van der Waals surface area (Å²) in [6.45, 7) is 0.697. The van der Waals surface area contributed by atoms with E-state index in [1.165, 1.54) is 0 Å². The number of aromatic amines is 1. The second kappa shape index (κ2) is 5.11. The average Bonchev–Trinajstić information content (AvgIpc) is 3.11. The van der Waals surface area contributed by atoms with Gasteiger partial charge in [0.15, 0.2) is 0 Å². The third-order valence-corrected chi connectivity index (χ3v) is 3.04. The molecule has 0 saturated heterocycles. The minimum Gasteiger partial charge on any atom is -0.380 e. The first-order valence-corrected chi connectivity index (χ1v) is 6.09. The molecule has 0 aliphatic heterocycles. The normalized spacial score (nSPS) is 10.6. The van der Waals surface area contributed by atoms with Gasteiger partial charge in [0.1, 0.15) is 6.33 Å². The van der Waals surface area contributed by atoms with E-state index in [1.807, 2.05) is 36.7 Å². The number of aromatic nitrogens is 5. The maximum atomic E-state index is 6.17. The summed E-state index contributed by atoms with van der Waals surface area (Å²) >= 11 is 6.17. The number of benzene rings is 1. The lowest BCUT2D eigenvalue weighted by Gasteiger charge is -2.09. The van der Waals surface area contributed by atoms with Gasteiger partial charge in [-0.15, -0.1) is 5.10 Å². The van der Waals surface area contributed by atoms with Gasteiger partial charge in [0.2, 0.25) is 0 Å². The highest BCUT2D eigenvalue weighted by Crippen LogP contribution is 2.24. The summed E-state index contributed by atoms with van der Waals surface area (Å²) < 4.78 is 1.58. The molecule has 6 nitrogen and oxygen atoms in total. The van der Waals surface area contributed by atoms with Crippen LogP contribution in [-0.2, 0) is 6.54 Å². The minimum atomic E-state index is 0.660. The Balaban J connectivity index is 1.82. The van der Waals surface area contributed by atoms with Gasteiger partial charge in [-0.1, -0.05) is 11.6 Å². The zero-order valence-corrected chi connectivity index (χ0v) is 10.7. The fourth-order valence-corrected chi connectivity index (χ4v) is 1.92. The smallest absolute Gasteiger partial charge is 0.143 e. The number of anilines is 1. The fourth-order valence-electron chi connectivity index (χ4n) is 1.74. The molecule has 0 atom stereocenters. The highest BCUT2D eigenvalue weighted by atomic mass is 35.5. The summed E-state index contributed by atoms with van der Waals surface area (Å²) in [6, 6.07) is 7.59. The van der Waals surface area contributed by atoms with Crippen LogP contribution in [0.5, 0.6) is 0 Å². The zero-order chi connectivity index (χ0) is 13.1. The van der Waals surface area contributed by atoms with Gasteiger partial charge >= 0.3 is 0 Å². The van der Waals surface area contributed by atoms with Crippen molar-refractivity contribution in [3.63, 3.8) is 0 Å². The van der Waals surface area contributed by atoms with Gasteiger partial charge in [0.25, 0.3) is 0 Å². The Bertz CT molecular complexity index is 647. The van der Waals surface area contributed by atoms with Crippen molar-refractivity contribution in [2.45, 2.75) is 6.54 Å². The Morgan fingerprint density at radius 3 is 3.00 bits per heavy atom. The molecule has 7 heteroatoms. The van der Waals surface area contributed by atoms with E-state index < -0.39 is 0 Å². The van der Waals surface area contributed by atoms with Crippen molar-refractivity contribution in [2.24, 2.45) is 0 Å². The highest BCUT2D eigenvalue weighted by molar-refractivity contribution is 6.33. The summed E-state index contributed by atoms with van der Waals surface area (Å²) in [5.74, 6) is 0. The van der Waals surface area contributed by atoms with Gasteiger partial charge in [0.05, 0.1) is 16.4 Å². The van der Waals surface area contributed by atoms with Crippen LogP contribution in [0.2, 0.25) is 5.02 Å². The molecule has 0 saturated carbocycles.